The smallest absolute Gasteiger partial charge is 0.238 e. The van der Waals surface area contributed by atoms with Crippen LogP contribution in [0.4, 0.5) is 11.4 Å². The van der Waals surface area contributed by atoms with Crippen LogP contribution in [0.15, 0.2) is 23.1 Å². The third-order valence-electron chi connectivity index (χ3n) is 3.27. The Labute approximate surface area is 118 Å². The van der Waals surface area contributed by atoms with E-state index in [-0.39, 0.29) is 28.1 Å². The second-order valence-corrected chi connectivity index (χ2v) is 8.73. The van der Waals surface area contributed by atoms with E-state index in [0.29, 0.717) is 18.5 Å². The van der Waals surface area contributed by atoms with Crippen molar-refractivity contribution in [2.75, 3.05) is 22.6 Å². The van der Waals surface area contributed by atoms with E-state index < -0.39 is 19.9 Å². The molecule has 0 radical (unpaired) electrons. The normalized spacial score (nSPS) is 19.6. The number of benzene rings is 1. The largest absolute Gasteiger partial charge is 0.397 e. The van der Waals surface area contributed by atoms with E-state index in [1.807, 2.05) is 0 Å². The quantitative estimate of drug-likeness (QED) is 0.667. The minimum absolute atomic E-state index is 0.0150. The molecule has 5 N–H and O–H groups in total. The lowest BCUT2D eigenvalue weighted by atomic mass is 10.1. The van der Waals surface area contributed by atoms with Gasteiger partial charge >= 0.3 is 0 Å². The first-order valence-corrected chi connectivity index (χ1v) is 9.43. The summed E-state index contributed by atoms with van der Waals surface area (Å²) in [5.41, 5.74) is 6.64. The van der Waals surface area contributed by atoms with Gasteiger partial charge in [0.1, 0.15) is 9.84 Å². The highest BCUT2D eigenvalue weighted by atomic mass is 32.2. The van der Waals surface area contributed by atoms with Gasteiger partial charge in [-0.05, 0) is 31.0 Å². The van der Waals surface area contributed by atoms with Crippen LogP contribution in [-0.2, 0) is 19.9 Å². The summed E-state index contributed by atoms with van der Waals surface area (Å²) in [6.07, 6.45) is 1.03. The second-order valence-electron chi connectivity index (χ2n) is 4.86. The van der Waals surface area contributed by atoms with Crippen molar-refractivity contribution in [2.24, 2.45) is 5.14 Å². The van der Waals surface area contributed by atoms with Gasteiger partial charge in [0.25, 0.3) is 0 Å². The van der Waals surface area contributed by atoms with Crippen molar-refractivity contribution in [3.63, 3.8) is 0 Å². The molecule has 0 aromatic heterocycles. The van der Waals surface area contributed by atoms with E-state index in [2.05, 4.69) is 5.32 Å². The Bertz CT molecular complexity index is 699. The Morgan fingerprint density at radius 1 is 1.20 bits per heavy atom. The molecular formula is C11H17N3O4S2. The molecule has 0 unspecified atom stereocenters. The van der Waals surface area contributed by atoms with Crippen LogP contribution in [0.25, 0.3) is 0 Å². The van der Waals surface area contributed by atoms with E-state index in [0.717, 1.165) is 0 Å². The topological polar surface area (TPSA) is 132 Å². The lowest BCUT2D eigenvalue weighted by Crippen LogP contribution is -2.32. The number of sulfonamides is 1. The number of hydrogen-bond donors (Lipinski definition) is 3. The second kappa shape index (κ2) is 5.23. The van der Waals surface area contributed by atoms with E-state index in [1.165, 1.54) is 18.2 Å². The highest BCUT2D eigenvalue weighted by Gasteiger charge is 2.23. The first-order valence-electron chi connectivity index (χ1n) is 6.07. The number of primary sulfonamides is 1. The van der Waals surface area contributed by atoms with Crippen molar-refractivity contribution < 1.29 is 16.8 Å². The van der Waals surface area contributed by atoms with Gasteiger partial charge in [0, 0.05) is 6.04 Å². The number of nitrogen functional groups attached to an aromatic ring is 1. The summed E-state index contributed by atoms with van der Waals surface area (Å²) in [6.45, 7) is 0. The van der Waals surface area contributed by atoms with Gasteiger partial charge in [-0.2, -0.15) is 0 Å². The van der Waals surface area contributed by atoms with E-state index in [1.54, 1.807) is 0 Å². The third kappa shape index (κ3) is 3.62. The predicted molar refractivity (Wildman–Crippen MR) is 77.5 cm³/mol. The van der Waals surface area contributed by atoms with Crippen molar-refractivity contribution in [2.45, 2.75) is 23.8 Å². The number of nitrogens with two attached hydrogens (primary N) is 2. The molecule has 7 nitrogen and oxygen atoms in total. The van der Waals surface area contributed by atoms with Crippen molar-refractivity contribution in [1.82, 2.24) is 0 Å². The maximum atomic E-state index is 11.3. The molecule has 0 spiro atoms. The number of sulfone groups is 1. The molecule has 1 aliphatic heterocycles. The number of rotatable bonds is 3. The molecule has 0 bridgehead atoms. The van der Waals surface area contributed by atoms with Crippen molar-refractivity contribution in [3.8, 4) is 0 Å². The molecule has 112 valence electrons. The van der Waals surface area contributed by atoms with Crippen LogP contribution >= 0.6 is 0 Å². The molecule has 1 saturated heterocycles. The fourth-order valence-electron chi connectivity index (χ4n) is 2.10. The molecule has 0 amide bonds. The fraction of sp³-hybridized carbons (Fsp3) is 0.455. The van der Waals surface area contributed by atoms with Crippen LogP contribution in [0.1, 0.15) is 12.8 Å². The molecule has 9 heteroatoms. The summed E-state index contributed by atoms with van der Waals surface area (Å²) in [6, 6.07) is 4.21. The maximum Gasteiger partial charge on any atom is 0.238 e. The lowest BCUT2D eigenvalue weighted by molar-refractivity contribution is 0.559. The zero-order valence-electron chi connectivity index (χ0n) is 10.7. The standard InChI is InChI=1S/C11H17N3O4S2/c12-10-7-9(20(13,17)18)1-2-11(10)14-8-3-5-19(15,16)6-4-8/h1-2,7-8,14H,3-6,12H2,(H2,13,17,18). The van der Waals surface area contributed by atoms with Crippen LogP contribution in [0.2, 0.25) is 0 Å². The summed E-state index contributed by atoms with van der Waals surface area (Å²) >= 11 is 0. The summed E-state index contributed by atoms with van der Waals surface area (Å²) in [7, 11) is -6.69. The molecule has 0 saturated carbocycles. The molecule has 1 aromatic rings. The average Bonchev–Trinajstić information content (AvgIpc) is 2.33. The van der Waals surface area contributed by atoms with Crippen LogP contribution in [0.5, 0.6) is 0 Å². The molecular weight excluding hydrogens is 302 g/mol. The van der Waals surface area contributed by atoms with E-state index >= 15 is 0 Å². The third-order valence-corrected chi connectivity index (χ3v) is 5.89. The summed E-state index contributed by atoms with van der Waals surface area (Å²) in [5.74, 6) is 0.305. The van der Waals surface area contributed by atoms with Gasteiger partial charge in [0.05, 0.1) is 27.8 Å². The Kier molecular flexibility index (Phi) is 3.94. The monoisotopic (exact) mass is 319 g/mol. The molecule has 20 heavy (non-hydrogen) atoms. The minimum atomic E-state index is -3.78. The highest BCUT2D eigenvalue weighted by molar-refractivity contribution is 7.91. The predicted octanol–water partition coefficient (Wildman–Crippen LogP) is -0.0947. The van der Waals surface area contributed by atoms with Crippen LogP contribution < -0.4 is 16.2 Å². The Hall–Kier alpha value is -1.32. The van der Waals surface area contributed by atoms with Gasteiger partial charge in [0.2, 0.25) is 10.0 Å². The molecule has 2 rings (SSSR count). The summed E-state index contributed by atoms with van der Waals surface area (Å²) in [4.78, 5) is -0.0493. The number of nitrogens with one attached hydrogen (secondary N) is 1. The Morgan fingerprint density at radius 3 is 2.30 bits per heavy atom. The van der Waals surface area contributed by atoms with Crippen LogP contribution in [0, 0.1) is 0 Å². The minimum Gasteiger partial charge on any atom is -0.397 e. The van der Waals surface area contributed by atoms with Crippen molar-refractivity contribution in [3.05, 3.63) is 18.2 Å². The number of anilines is 2. The highest BCUT2D eigenvalue weighted by Crippen LogP contribution is 2.25. The molecule has 0 atom stereocenters. The van der Waals surface area contributed by atoms with Gasteiger partial charge in [-0.3, -0.25) is 0 Å². The van der Waals surface area contributed by atoms with E-state index in [4.69, 9.17) is 10.9 Å². The lowest BCUT2D eigenvalue weighted by Gasteiger charge is -2.24. The van der Waals surface area contributed by atoms with Gasteiger partial charge in [-0.25, -0.2) is 22.0 Å². The number of hydrogen-bond acceptors (Lipinski definition) is 6. The Morgan fingerprint density at radius 2 is 1.80 bits per heavy atom. The SMILES string of the molecule is Nc1cc(S(N)(=O)=O)ccc1NC1CCS(=O)(=O)CC1. The molecule has 1 aromatic carbocycles. The molecule has 1 heterocycles. The maximum absolute atomic E-state index is 11.3. The van der Waals surface area contributed by atoms with Crippen molar-refractivity contribution in [1.29, 1.82) is 0 Å². The van der Waals surface area contributed by atoms with Gasteiger partial charge < -0.3 is 11.1 Å². The summed E-state index contributed by atoms with van der Waals surface area (Å²) in [5, 5.41) is 8.16. The summed E-state index contributed by atoms with van der Waals surface area (Å²) < 4.78 is 45.1. The molecule has 0 aliphatic carbocycles. The fourth-order valence-corrected chi connectivity index (χ4v) is 4.14. The van der Waals surface area contributed by atoms with E-state index in [9.17, 15) is 16.8 Å². The van der Waals surface area contributed by atoms with Gasteiger partial charge in [0.15, 0.2) is 0 Å². The van der Waals surface area contributed by atoms with Crippen LogP contribution in [0.3, 0.4) is 0 Å². The molecule has 1 fully saturated rings. The van der Waals surface area contributed by atoms with Crippen LogP contribution in [-0.4, -0.2) is 34.4 Å². The molecule has 1 aliphatic rings. The zero-order chi connectivity index (χ0) is 15.0. The Balaban J connectivity index is 2.12. The van der Waals surface area contributed by atoms with Crippen molar-refractivity contribution >= 4 is 31.2 Å². The first kappa shape index (κ1) is 15.1. The van der Waals surface area contributed by atoms with Gasteiger partial charge in [-0.1, -0.05) is 0 Å². The zero-order valence-corrected chi connectivity index (χ0v) is 12.4. The first-order chi connectivity index (χ1) is 9.17. The average molecular weight is 319 g/mol. The van der Waals surface area contributed by atoms with Gasteiger partial charge in [-0.15, -0.1) is 0 Å².